The topological polar surface area (TPSA) is 79.3 Å². The third kappa shape index (κ3) is 5.69. The van der Waals surface area contributed by atoms with Crippen LogP contribution in [-0.2, 0) is 9.59 Å². The van der Waals surface area contributed by atoms with Gasteiger partial charge in [0.15, 0.2) is 5.13 Å². The van der Waals surface area contributed by atoms with E-state index in [0.717, 1.165) is 5.69 Å². The zero-order chi connectivity index (χ0) is 12.8. The number of carbonyl (C=O) groups excluding carboxylic acids is 1. The maximum absolute atomic E-state index is 11.5. The molecule has 1 aromatic heterocycles. The van der Waals surface area contributed by atoms with E-state index in [-0.39, 0.29) is 23.3 Å². The first kappa shape index (κ1) is 14.0. The first-order valence-corrected chi connectivity index (χ1v) is 6.95. The number of aliphatic carboxylic acids is 1. The van der Waals surface area contributed by atoms with E-state index >= 15 is 0 Å². The minimum absolute atomic E-state index is 0.0638. The number of nitrogens with zero attached hydrogens (tertiary/aromatic N) is 1. The van der Waals surface area contributed by atoms with Crippen molar-refractivity contribution in [2.45, 2.75) is 25.5 Å². The van der Waals surface area contributed by atoms with Crippen molar-refractivity contribution in [3.63, 3.8) is 0 Å². The van der Waals surface area contributed by atoms with Crippen molar-refractivity contribution in [2.75, 3.05) is 11.1 Å². The van der Waals surface area contributed by atoms with E-state index in [1.165, 1.54) is 23.1 Å². The summed E-state index contributed by atoms with van der Waals surface area (Å²) < 4.78 is 0. The molecule has 0 fully saturated rings. The molecule has 0 spiro atoms. The molecule has 1 rings (SSSR count). The predicted molar refractivity (Wildman–Crippen MR) is 69.7 cm³/mol. The Morgan fingerprint density at radius 2 is 2.35 bits per heavy atom. The van der Waals surface area contributed by atoms with Gasteiger partial charge in [0, 0.05) is 10.6 Å². The molecule has 1 aromatic rings. The van der Waals surface area contributed by atoms with Crippen LogP contribution in [0, 0.1) is 6.92 Å². The lowest BCUT2D eigenvalue weighted by Crippen LogP contribution is -2.16. The number of thioether (sulfide) groups is 1. The highest BCUT2D eigenvalue weighted by Crippen LogP contribution is 2.17. The van der Waals surface area contributed by atoms with Gasteiger partial charge >= 0.3 is 5.97 Å². The Labute approximate surface area is 108 Å². The maximum atomic E-state index is 11.5. The quantitative estimate of drug-likeness (QED) is 0.829. The van der Waals surface area contributed by atoms with Crippen LogP contribution in [0.4, 0.5) is 5.13 Å². The van der Waals surface area contributed by atoms with E-state index < -0.39 is 5.97 Å². The van der Waals surface area contributed by atoms with Crippen molar-refractivity contribution in [1.29, 1.82) is 0 Å². The van der Waals surface area contributed by atoms with Crippen molar-refractivity contribution < 1.29 is 14.7 Å². The van der Waals surface area contributed by atoms with Gasteiger partial charge in [0.2, 0.25) is 5.91 Å². The summed E-state index contributed by atoms with van der Waals surface area (Å²) in [5.41, 5.74) is 0.872. The number of aryl methyl sites for hydroxylation is 1. The number of hydrogen-bond acceptors (Lipinski definition) is 5. The zero-order valence-electron chi connectivity index (χ0n) is 9.60. The Bertz CT molecular complexity index is 406. The van der Waals surface area contributed by atoms with Crippen molar-refractivity contribution in [3.05, 3.63) is 11.1 Å². The van der Waals surface area contributed by atoms with Crippen LogP contribution in [0.15, 0.2) is 5.38 Å². The van der Waals surface area contributed by atoms with Crippen LogP contribution in [0.2, 0.25) is 0 Å². The first-order chi connectivity index (χ1) is 7.97. The number of rotatable bonds is 6. The average molecular weight is 274 g/mol. The van der Waals surface area contributed by atoms with Gasteiger partial charge in [-0.05, 0) is 6.92 Å². The summed E-state index contributed by atoms with van der Waals surface area (Å²) in [5, 5.41) is 13.6. The van der Waals surface area contributed by atoms with Gasteiger partial charge in [-0.2, -0.15) is 0 Å². The fraction of sp³-hybridized carbons (Fsp3) is 0.500. The van der Waals surface area contributed by atoms with Gasteiger partial charge < -0.3 is 10.4 Å². The van der Waals surface area contributed by atoms with Crippen molar-refractivity contribution >= 4 is 40.1 Å². The molecular weight excluding hydrogens is 260 g/mol. The van der Waals surface area contributed by atoms with E-state index in [1.54, 1.807) is 6.92 Å². The molecule has 0 aliphatic rings. The van der Waals surface area contributed by atoms with Crippen molar-refractivity contribution in [2.24, 2.45) is 0 Å². The number of aromatic nitrogens is 1. The highest BCUT2D eigenvalue weighted by atomic mass is 32.2. The molecule has 0 bridgehead atoms. The predicted octanol–water partition coefficient (Wildman–Crippen LogP) is 1.99. The highest BCUT2D eigenvalue weighted by Gasteiger charge is 2.11. The lowest BCUT2D eigenvalue weighted by Gasteiger charge is -2.07. The van der Waals surface area contributed by atoms with Gasteiger partial charge in [0.1, 0.15) is 0 Å². The van der Waals surface area contributed by atoms with Gasteiger partial charge in [-0.25, -0.2) is 4.98 Å². The second-order valence-electron chi connectivity index (χ2n) is 3.56. The van der Waals surface area contributed by atoms with Crippen LogP contribution in [-0.4, -0.2) is 33.0 Å². The molecule has 2 N–H and O–H groups in total. The van der Waals surface area contributed by atoms with Crippen molar-refractivity contribution in [1.82, 2.24) is 4.98 Å². The molecule has 1 heterocycles. The number of carbonyl (C=O) groups is 2. The lowest BCUT2D eigenvalue weighted by molar-refractivity contribution is -0.136. The van der Waals surface area contributed by atoms with Crippen LogP contribution in [0.1, 0.15) is 19.0 Å². The molecule has 5 nitrogen and oxygen atoms in total. The van der Waals surface area contributed by atoms with Gasteiger partial charge in [-0.1, -0.05) is 6.92 Å². The molecular formula is C10H14N2O3S2. The number of anilines is 1. The summed E-state index contributed by atoms with van der Waals surface area (Å²) in [6.45, 7) is 3.65. The fourth-order valence-corrected chi connectivity index (χ4v) is 2.56. The molecule has 1 amide bonds. The van der Waals surface area contributed by atoms with Gasteiger partial charge in [-0.3, -0.25) is 9.59 Å². The summed E-state index contributed by atoms with van der Waals surface area (Å²) in [7, 11) is 0. The summed E-state index contributed by atoms with van der Waals surface area (Å²) in [6.07, 6.45) is 0.0638. The lowest BCUT2D eigenvalue weighted by atomic mass is 10.3. The number of carboxylic acids is 1. The highest BCUT2D eigenvalue weighted by molar-refractivity contribution is 8.00. The number of nitrogens with one attached hydrogen (secondary N) is 1. The fourth-order valence-electron chi connectivity index (χ4n) is 1.09. The third-order valence-electron chi connectivity index (χ3n) is 1.83. The Morgan fingerprint density at radius 1 is 1.65 bits per heavy atom. The minimum Gasteiger partial charge on any atom is -0.481 e. The molecule has 0 aliphatic carbocycles. The molecule has 1 unspecified atom stereocenters. The monoisotopic (exact) mass is 274 g/mol. The molecule has 0 saturated heterocycles. The number of hydrogen-bond donors (Lipinski definition) is 2. The van der Waals surface area contributed by atoms with E-state index in [1.807, 2.05) is 12.3 Å². The summed E-state index contributed by atoms with van der Waals surface area (Å²) in [6, 6.07) is 0. The number of amides is 1. The molecule has 0 aliphatic heterocycles. The third-order valence-corrected chi connectivity index (χ3v) is 3.87. The van der Waals surface area contributed by atoms with Crippen LogP contribution in [0.25, 0.3) is 0 Å². The molecule has 0 aromatic carbocycles. The first-order valence-electron chi connectivity index (χ1n) is 5.02. The van der Waals surface area contributed by atoms with E-state index in [2.05, 4.69) is 10.3 Å². The zero-order valence-corrected chi connectivity index (χ0v) is 11.2. The van der Waals surface area contributed by atoms with E-state index in [4.69, 9.17) is 5.11 Å². The second-order valence-corrected chi connectivity index (χ2v) is 5.85. The van der Waals surface area contributed by atoms with Crippen LogP contribution in [0.5, 0.6) is 0 Å². The smallest absolute Gasteiger partial charge is 0.304 e. The van der Waals surface area contributed by atoms with Crippen LogP contribution in [0.3, 0.4) is 0 Å². The van der Waals surface area contributed by atoms with Crippen molar-refractivity contribution in [3.8, 4) is 0 Å². The second kappa shape index (κ2) is 6.61. The van der Waals surface area contributed by atoms with E-state index in [0.29, 0.717) is 5.13 Å². The molecule has 0 saturated carbocycles. The largest absolute Gasteiger partial charge is 0.481 e. The number of carboxylic acid groups (broad SMARTS) is 1. The summed E-state index contributed by atoms with van der Waals surface area (Å²) >= 11 is 2.70. The Hall–Kier alpha value is -1.08. The van der Waals surface area contributed by atoms with Gasteiger partial charge in [-0.15, -0.1) is 23.1 Å². The molecule has 94 valence electrons. The molecule has 7 heteroatoms. The minimum atomic E-state index is -0.846. The maximum Gasteiger partial charge on any atom is 0.304 e. The summed E-state index contributed by atoms with van der Waals surface area (Å²) in [4.78, 5) is 26.0. The Morgan fingerprint density at radius 3 is 2.88 bits per heavy atom. The molecule has 0 radical (unpaired) electrons. The van der Waals surface area contributed by atoms with Crippen LogP contribution >= 0.6 is 23.1 Å². The van der Waals surface area contributed by atoms with E-state index in [9.17, 15) is 9.59 Å². The molecule has 1 atom stereocenters. The molecule has 17 heavy (non-hydrogen) atoms. The van der Waals surface area contributed by atoms with Gasteiger partial charge in [0.05, 0.1) is 17.9 Å². The Kier molecular flexibility index (Phi) is 5.43. The van der Waals surface area contributed by atoms with Gasteiger partial charge in [0.25, 0.3) is 0 Å². The normalized spacial score (nSPS) is 12.1. The Balaban J connectivity index is 2.28. The van der Waals surface area contributed by atoms with Crippen LogP contribution < -0.4 is 5.32 Å². The standard InChI is InChI=1S/C10H14N2O3S2/c1-6-4-17-10(11-6)12-8(13)5-16-7(2)3-9(14)15/h4,7H,3,5H2,1-2H3,(H,14,15)(H,11,12,13). The number of thiazole rings is 1. The summed E-state index contributed by atoms with van der Waals surface area (Å²) in [5.74, 6) is -0.755. The SMILES string of the molecule is Cc1csc(NC(=O)CSC(C)CC(=O)O)n1. The average Bonchev–Trinajstić information content (AvgIpc) is 2.60.